The van der Waals surface area contributed by atoms with Gasteiger partial charge in [0, 0.05) is 11.6 Å². The molecule has 2 unspecified atom stereocenters. The van der Waals surface area contributed by atoms with E-state index in [9.17, 15) is 34.2 Å². The van der Waals surface area contributed by atoms with Crippen molar-refractivity contribution >= 4 is 46.9 Å². The minimum absolute atomic E-state index is 0.000663. The highest BCUT2D eigenvalue weighted by molar-refractivity contribution is 6.32. The summed E-state index contributed by atoms with van der Waals surface area (Å²) in [4.78, 5) is 67.6. The molecule has 1 amide bonds. The molecule has 0 radical (unpaired) electrons. The Kier molecular flexibility index (Phi) is 6.27. The molecule has 2 aromatic carbocycles. The zero-order chi connectivity index (χ0) is 28.4. The zero-order valence-corrected chi connectivity index (χ0v) is 21.5. The summed E-state index contributed by atoms with van der Waals surface area (Å²) >= 11 is 0. The molecule has 202 valence electrons. The third-order valence-electron chi connectivity index (χ3n) is 8.37. The highest BCUT2D eigenvalue weighted by Gasteiger charge is 2.69. The van der Waals surface area contributed by atoms with E-state index in [0.29, 0.717) is 16.8 Å². The highest BCUT2D eigenvalue weighted by atomic mass is 16.3. The van der Waals surface area contributed by atoms with E-state index < -0.39 is 64.4 Å². The fourth-order valence-electron chi connectivity index (χ4n) is 6.58. The van der Waals surface area contributed by atoms with Gasteiger partial charge in [-0.1, -0.05) is 30.4 Å². The van der Waals surface area contributed by atoms with Crippen LogP contribution in [0.1, 0.15) is 33.5 Å². The van der Waals surface area contributed by atoms with Crippen molar-refractivity contribution in [1.29, 1.82) is 0 Å². The number of Topliss-reactive ketones (excluding diaryl/α,β-unsaturated/α-hetero) is 4. The first-order valence-corrected chi connectivity index (χ1v) is 12.6. The Hall–Kier alpha value is -4.15. The third-order valence-corrected chi connectivity index (χ3v) is 8.37. The van der Waals surface area contributed by atoms with Crippen LogP contribution in [-0.2, 0) is 25.6 Å². The van der Waals surface area contributed by atoms with E-state index in [-0.39, 0.29) is 24.2 Å². The fraction of sp³-hybridized carbons (Fsp3) is 0.345. The van der Waals surface area contributed by atoms with Crippen LogP contribution in [-0.4, -0.2) is 69.9 Å². The van der Waals surface area contributed by atoms with Crippen LogP contribution < -0.4 is 11.5 Å². The lowest BCUT2D eigenvalue weighted by Gasteiger charge is -2.52. The van der Waals surface area contributed by atoms with Crippen molar-refractivity contribution in [3.8, 4) is 5.75 Å². The first kappa shape index (κ1) is 26.5. The van der Waals surface area contributed by atoms with Crippen molar-refractivity contribution in [2.75, 3.05) is 19.8 Å². The number of likely N-dealkylation sites (N-methyl/N-ethyl adjacent to an activating group) is 1. The van der Waals surface area contributed by atoms with Crippen LogP contribution in [0.2, 0.25) is 0 Å². The standard InChI is InChI=1S/C29H29N3O7/c1-32(2)23-18-12-15-11-17-14(6-3-13-4-8-16(30)9-5-13)7-10-19(33)21(17)24(34)20(15)26(36)29(18,39)27(37)22(25(23)35)28(31)38/h3-10,15,18,20,22-23,33,39H,11-12,30H2,1-2H3,(H2,31,38)/b6-3+/t15-,18-,20?,22?,23-,29-/m1/s1. The molecule has 2 fully saturated rings. The number of ketones is 4. The lowest BCUT2D eigenvalue weighted by Crippen LogP contribution is -2.74. The molecule has 0 bridgehead atoms. The average molecular weight is 532 g/mol. The molecule has 2 aromatic rings. The van der Waals surface area contributed by atoms with Crippen molar-refractivity contribution in [3.63, 3.8) is 0 Å². The van der Waals surface area contributed by atoms with Crippen molar-refractivity contribution in [3.05, 3.63) is 58.7 Å². The summed E-state index contributed by atoms with van der Waals surface area (Å²) in [5.74, 6) is -10.6. The average Bonchev–Trinajstić information content (AvgIpc) is 2.86. The number of carbonyl (C=O) groups is 5. The quantitative estimate of drug-likeness (QED) is 0.250. The smallest absolute Gasteiger partial charge is 0.235 e. The van der Waals surface area contributed by atoms with E-state index in [1.54, 1.807) is 38.4 Å². The second-order valence-electron chi connectivity index (χ2n) is 10.8. The number of phenolic OH excluding ortho intramolecular Hbond substituents is 1. The summed E-state index contributed by atoms with van der Waals surface area (Å²) in [5, 5.41) is 22.3. The fourth-order valence-corrected chi connectivity index (χ4v) is 6.58. The lowest BCUT2D eigenvalue weighted by atomic mass is 9.52. The van der Waals surface area contributed by atoms with Gasteiger partial charge in [0.1, 0.15) is 5.75 Å². The number of nitrogens with two attached hydrogens (primary N) is 2. The molecule has 5 rings (SSSR count). The topological polar surface area (TPSA) is 181 Å². The summed E-state index contributed by atoms with van der Waals surface area (Å²) in [6.07, 6.45) is 3.83. The number of hydrogen-bond donors (Lipinski definition) is 4. The normalized spacial score (nSPS) is 30.3. The van der Waals surface area contributed by atoms with Gasteiger partial charge in [-0.3, -0.25) is 28.9 Å². The van der Waals surface area contributed by atoms with Crippen LogP contribution in [0.5, 0.6) is 5.75 Å². The molecule has 0 aromatic heterocycles. The molecule has 10 heteroatoms. The Morgan fingerprint density at radius 3 is 2.31 bits per heavy atom. The number of anilines is 1. The Morgan fingerprint density at radius 1 is 1.03 bits per heavy atom. The minimum atomic E-state index is -2.74. The summed E-state index contributed by atoms with van der Waals surface area (Å²) < 4.78 is 0. The van der Waals surface area contributed by atoms with E-state index >= 15 is 0 Å². The van der Waals surface area contributed by atoms with E-state index in [1.807, 2.05) is 18.2 Å². The molecule has 3 aliphatic carbocycles. The van der Waals surface area contributed by atoms with Crippen LogP contribution in [0.4, 0.5) is 5.69 Å². The highest BCUT2D eigenvalue weighted by Crippen LogP contribution is 2.51. The maximum atomic E-state index is 13.8. The van der Waals surface area contributed by atoms with Gasteiger partial charge in [0.2, 0.25) is 5.91 Å². The number of phenols is 1. The first-order valence-electron chi connectivity index (χ1n) is 12.6. The lowest BCUT2D eigenvalue weighted by molar-refractivity contribution is -0.181. The third kappa shape index (κ3) is 3.90. The maximum Gasteiger partial charge on any atom is 0.235 e. The second kappa shape index (κ2) is 9.25. The van der Waals surface area contributed by atoms with E-state index in [0.717, 1.165) is 5.56 Å². The Labute approximate surface area is 224 Å². The maximum absolute atomic E-state index is 13.8. The minimum Gasteiger partial charge on any atom is -0.507 e. The van der Waals surface area contributed by atoms with Crippen molar-refractivity contribution in [1.82, 2.24) is 4.90 Å². The number of rotatable bonds is 4. The molecule has 10 nitrogen and oxygen atoms in total. The summed E-state index contributed by atoms with van der Waals surface area (Å²) in [6, 6.07) is 9.07. The van der Waals surface area contributed by atoms with Gasteiger partial charge in [-0.25, -0.2) is 0 Å². The van der Waals surface area contributed by atoms with E-state index in [1.165, 1.54) is 11.0 Å². The largest absolute Gasteiger partial charge is 0.507 e. The van der Waals surface area contributed by atoms with Gasteiger partial charge in [-0.05, 0) is 67.7 Å². The first-order chi connectivity index (χ1) is 18.4. The number of aromatic hydroxyl groups is 1. The van der Waals surface area contributed by atoms with Crippen molar-refractivity contribution < 1.29 is 34.2 Å². The van der Waals surface area contributed by atoms with Gasteiger partial charge in [-0.15, -0.1) is 0 Å². The molecule has 0 spiro atoms. The predicted molar refractivity (Wildman–Crippen MR) is 141 cm³/mol. The number of benzene rings is 2. The number of fused-ring (bicyclic) bond motifs is 3. The number of nitrogen functional groups attached to an aromatic ring is 1. The number of carbonyl (C=O) groups excluding carboxylic acids is 5. The predicted octanol–water partition coefficient (Wildman–Crippen LogP) is 0.620. The molecule has 6 atom stereocenters. The van der Waals surface area contributed by atoms with E-state index in [2.05, 4.69) is 0 Å². The van der Waals surface area contributed by atoms with Gasteiger partial charge in [-0.2, -0.15) is 0 Å². The molecule has 0 heterocycles. The van der Waals surface area contributed by atoms with Crippen LogP contribution in [0.3, 0.4) is 0 Å². The van der Waals surface area contributed by atoms with Crippen LogP contribution in [0, 0.1) is 23.7 Å². The molecule has 0 aliphatic heterocycles. The molecule has 6 N–H and O–H groups in total. The number of hydrogen-bond acceptors (Lipinski definition) is 9. The molecule has 2 saturated carbocycles. The number of amides is 1. The van der Waals surface area contributed by atoms with Crippen LogP contribution in [0.25, 0.3) is 12.2 Å². The van der Waals surface area contributed by atoms with Crippen LogP contribution >= 0.6 is 0 Å². The van der Waals surface area contributed by atoms with Gasteiger partial charge < -0.3 is 21.7 Å². The van der Waals surface area contributed by atoms with Crippen molar-refractivity contribution in [2.45, 2.75) is 24.5 Å². The van der Waals surface area contributed by atoms with Crippen LogP contribution in [0.15, 0.2) is 36.4 Å². The monoisotopic (exact) mass is 531 g/mol. The Balaban J connectivity index is 1.59. The van der Waals surface area contributed by atoms with Crippen molar-refractivity contribution in [2.24, 2.45) is 29.4 Å². The molecular weight excluding hydrogens is 502 g/mol. The van der Waals surface area contributed by atoms with Gasteiger partial charge in [0.05, 0.1) is 17.5 Å². The second-order valence-corrected chi connectivity index (χ2v) is 10.8. The summed E-state index contributed by atoms with van der Waals surface area (Å²) in [6.45, 7) is 0. The number of primary amides is 1. The molecular formula is C29H29N3O7. The number of nitrogens with zero attached hydrogens (tertiary/aromatic N) is 1. The molecule has 0 saturated heterocycles. The van der Waals surface area contributed by atoms with Gasteiger partial charge in [0.25, 0.3) is 0 Å². The molecule has 39 heavy (non-hydrogen) atoms. The Bertz CT molecular complexity index is 1460. The summed E-state index contributed by atoms with van der Waals surface area (Å²) in [7, 11) is 3.10. The van der Waals surface area contributed by atoms with Gasteiger partial charge in [0.15, 0.2) is 34.7 Å². The SMILES string of the molecule is CN(C)[C@H]1C(=O)C(C(N)=O)C(=O)[C@]2(O)C(=O)C3C(=O)c4c(O)ccc(/C=C/c5ccc(N)cc5)c4C[C@@H]3C[C@H]12. The van der Waals surface area contributed by atoms with Gasteiger partial charge >= 0.3 is 0 Å². The molecule has 3 aliphatic rings. The number of aliphatic hydroxyl groups is 1. The Morgan fingerprint density at radius 2 is 1.69 bits per heavy atom. The summed E-state index contributed by atoms with van der Waals surface area (Å²) in [5.41, 5.74) is 11.0. The zero-order valence-electron chi connectivity index (χ0n) is 21.5. The van der Waals surface area contributed by atoms with E-state index in [4.69, 9.17) is 11.5 Å².